The minimum absolute atomic E-state index is 0.0684. The number of aliphatic hydroxyl groups excluding tert-OH is 1. The molecule has 10 nitrogen and oxygen atoms in total. The Hall–Kier alpha value is -6.49. The highest BCUT2D eigenvalue weighted by Gasteiger charge is 2.29. The van der Waals surface area contributed by atoms with E-state index in [1.165, 1.54) is 6.07 Å². The summed E-state index contributed by atoms with van der Waals surface area (Å²) >= 11 is 0. The van der Waals surface area contributed by atoms with Gasteiger partial charge in [-0.05, 0) is 74.9 Å². The Morgan fingerprint density at radius 3 is 1.72 bits per heavy atom. The SMILES string of the molecule is C=C(C)C(=O)OCC(O)CC(C)OCCCCCC(=O)C(C)(C)Oc1ccc(-c2nc(-c3ccc(-c4ccccc4)cc3)nc(-c3ccc(-c4ccccc4)cc3)n2)c(O)c1. The molecule has 2 unspecified atom stereocenters. The number of phenols is 1. The topological polar surface area (TPSA) is 141 Å². The molecule has 314 valence electrons. The van der Waals surface area contributed by atoms with Crippen LogP contribution in [0, 0.1) is 0 Å². The average Bonchev–Trinajstić information content (AvgIpc) is 3.27. The number of aromatic nitrogens is 3. The van der Waals surface area contributed by atoms with Gasteiger partial charge in [-0.1, -0.05) is 122 Å². The predicted octanol–water partition coefficient (Wildman–Crippen LogP) is 10.5. The number of esters is 1. The molecule has 61 heavy (non-hydrogen) atoms. The maximum Gasteiger partial charge on any atom is 0.333 e. The molecule has 0 bridgehead atoms. The molecule has 10 heteroatoms. The van der Waals surface area contributed by atoms with Crippen molar-refractivity contribution in [1.29, 1.82) is 0 Å². The van der Waals surface area contributed by atoms with Crippen LogP contribution >= 0.6 is 0 Å². The number of aromatic hydroxyl groups is 1. The number of Topliss-reactive ketones (excluding diaryl/α,β-unsaturated/α-hetero) is 1. The largest absolute Gasteiger partial charge is 0.507 e. The second-order valence-corrected chi connectivity index (χ2v) is 15.7. The summed E-state index contributed by atoms with van der Waals surface area (Å²) in [5, 5.41) is 21.5. The first kappa shape index (κ1) is 44.1. The first-order valence-electron chi connectivity index (χ1n) is 20.6. The number of carbonyl (C=O) groups is 2. The van der Waals surface area contributed by atoms with Gasteiger partial charge in [-0.3, -0.25) is 4.79 Å². The third-order valence-electron chi connectivity index (χ3n) is 10.2. The van der Waals surface area contributed by atoms with Gasteiger partial charge in [0.25, 0.3) is 0 Å². The maximum absolute atomic E-state index is 13.3. The number of aliphatic hydroxyl groups is 1. The number of rotatable bonds is 20. The molecule has 1 aromatic heterocycles. The highest BCUT2D eigenvalue weighted by Crippen LogP contribution is 2.35. The molecule has 6 rings (SSSR count). The summed E-state index contributed by atoms with van der Waals surface area (Å²) in [5.41, 5.74) is 5.45. The molecule has 0 aliphatic rings. The number of hydrogen-bond donors (Lipinski definition) is 2. The third kappa shape index (κ3) is 12.3. The molecule has 6 aromatic rings. The highest BCUT2D eigenvalue weighted by atomic mass is 16.5. The molecule has 0 aliphatic carbocycles. The van der Waals surface area contributed by atoms with E-state index in [9.17, 15) is 19.8 Å². The zero-order valence-corrected chi connectivity index (χ0v) is 35.2. The number of ether oxygens (including phenoxy) is 3. The zero-order chi connectivity index (χ0) is 43.4. The minimum Gasteiger partial charge on any atom is -0.507 e. The van der Waals surface area contributed by atoms with Crippen molar-refractivity contribution >= 4 is 11.8 Å². The van der Waals surface area contributed by atoms with Crippen LogP contribution in [0.1, 0.15) is 59.8 Å². The van der Waals surface area contributed by atoms with E-state index in [0.717, 1.165) is 46.2 Å². The number of hydrogen-bond acceptors (Lipinski definition) is 10. The Morgan fingerprint density at radius 2 is 1.20 bits per heavy atom. The van der Waals surface area contributed by atoms with Crippen LogP contribution in [0.2, 0.25) is 0 Å². The molecule has 0 fully saturated rings. The van der Waals surface area contributed by atoms with Crippen LogP contribution in [0.4, 0.5) is 0 Å². The van der Waals surface area contributed by atoms with Crippen molar-refractivity contribution in [2.75, 3.05) is 13.2 Å². The van der Waals surface area contributed by atoms with Crippen LogP contribution in [-0.2, 0) is 19.1 Å². The molecule has 5 aromatic carbocycles. The van der Waals surface area contributed by atoms with E-state index in [1.54, 1.807) is 32.9 Å². The summed E-state index contributed by atoms with van der Waals surface area (Å²) in [4.78, 5) is 39.4. The lowest BCUT2D eigenvalue weighted by Crippen LogP contribution is -2.38. The fraction of sp³-hybridized carbons (Fsp3) is 0.275. The van der Waals surface area contributed by atoms with Crippen LogP contribution < -0.4 is 4.74 Å². The van der Waals surface area contributed by atoms with Crippen LogP contribution in [-0.4, -0.2) is 67.9 Å². The summed E-state index contributed by atoms with van der Waals surface area (Å²) in [6.07, 6.45) is 1.76. The predicted molar refractivity (Wildman–Crippen MR) is 239 cm³/mol. The number of phenolic OH excluding ortho intramolecular Hbond substituents is 1. The molecule has 2 atom stereocenters. The minimum atomic E-state index is -1.14. The van der Waals surface area contributed by atoms with Gasteiger partial charge in [0, 0.05) is 42.2 Å². The van der Waals surface area contributed by atoms with Crippen molar-refractivity contribution in [2.24, 2.45) is 0 Å². The number of nitrogens with zero attached hydrogens (tertiary/aromatic N) is 3. The van der Waals surface area contributed by atoms with Crippen molar-refractivity contribution in [2.45, 2.75) is 77.6 Å². The lowest BCUT2D eigenvalue weighted by Gasteiger charge is -2.25. The van der Waals surface area contributed by atoms with Gasteiger partial charge in [0.2, 0.25) is 0 Å². The van der Waals surface area contributed by atoms with Gasteiger partial charge in [0.15, 0.2) is 28.9 Å². The standard InChI is InChI=1S/C51H53N3O7/c1-34(2)50(58)60-33-42(55)31-35(3)59-30-14-8-13-19-46(57)51(4,5)61-43-28-29-44(45(56)32-43)49-53-47(40-24-20-38(21-25-40)36-15-9-6-10-16-36)52-48(54-49)41-26-22-39(23-27-41)37-17-11-7-12-18-37/h6-7,9-12,15-18,20-29,32,35,42,55-56H,1,8,13-14,19,30-31,33H2,2-5H3. The molecular formula is C51H53N3O7. The number of benzene rings is 5. The third-order valence-corrected chi connectivity index (χ3v) is 10.2. The highest BCUT2D eigenvalue weighted by molar-refractivity contribution is 5.87. The molecular weight excluding hydrogens is 767 g/mol. The van der Waals surface area contributed by atoms with E-state index in [1.807, 2.05) is 91.9 Å². The molecule has 0 saturated heterocycles. The lowest BCUT2D eigenvalue weighted by molar-refractivity contribution is -0.142. The lowest BCUT2D eigenvalue weighted by atomic mass is 9.98. The molecule has 0 aliphatic heterocycles. The molecule has 0 radical (unpaired) electrons. The number of unbranched alkanes of at least 4 members (excludes halogenated alkanes) is 2. The molecule has 0 spiro atoms. The average molecular weight is 820 g/mol. The first-order valence-corrected chi connectivity index (χ1v) is 20.6. The quantitative estimate of drug-likeness (QED) is 0.0434. The smallest absolute Gasteiger partial charge is 0.333 e. The Bertz CT molecular complexity index is 2300. The number of carbonyl (C=O) groups excluding carboxylic acids is 2. The summed E-state index contributed by atoms with van der Waals surface area (Å²) in [7, 11) is 0. The van der Waals surface area contributed by atoms with Gasteiger partial charge < -0.3 is 24.4 Å². The van der Waals surface area contributed by atoms with E-state index in [-0.39, 0.29) is 35.6 Å². The van der Waals surface area contributed by atoms with Crippen LogP contribution in [0.5, 0.6) is 11.5 Å². The monoisotopic (exact) mass is 819 g/mol. The second-order valence-electron chi connectivity index (χ2n) is 15.7. The van der Waals surface area contributed by atoms with Gasteiger partial charge in [-0.15, -0.1) is 0 Å². The Morgan fingerprint density at radius 1 is 0.689 bits per heavy atom. The molecule has 2 N–H and O–H groups in total. The Kier molecular flexibility index (Phi) is 14.9. The molecule has 0 amide bonds. The summed E-state index contributed by atoms with van der Waals surface area (Å²) < 4.78 is 17.0. The van der Waals surface area contributed by atoms with E-state index in [4.69, 9.17) is 29.2 Å². The van der Waals surface area contributed by atoms with Gasteiger partial charge >= 0.3 is 5.97 Å². The van der Waals surface area contributed by atoms with E-state index >= 15 is 0 Å². The normalized spacial score (nSPS) is 12.3. The van der Waals surface area contributed by atoms with E-state index < -0.39 is 17.7 Å². The second kappa shape index (κ2) is 20.7. The van der Waals surface area contributed by atoms with Gasteiger partial charge in [-0.25, -0.2) is 19.7 Å². The summed E-state index contributed by atoms with van der Waals surface area (Å²) in [6.45, 7) is 10.7. The summed E-state index contributed by atoms with van der Waals surface area (Å²) in [6, 6.07) is 41.2. The summed E-state index contributed by atoms with van der Waals surface area (Å²) in [5.74, 6) is 0.834. The van der Waals surface area contributed by atoms with Gasteiger partial charge in [0.1, 0.15) is 18.1 Å². The van der Waals surface area contributed by atoms with Crippen molar-refractivity contribution in [3.05, 3.63) is 140 Å². The first-order chi connectivity index (χ1) is 29.4. The maximum atomic E-state index is 13.3. The van der Waals surface area contributed by atoms with Crippen molar-refractivity contribution in [3.8, 4) is 67.9 Å². The van der Waals surface area contributed by atoms with Crippen molar-refractivity contribution < 1.29 is 34.0 Å². The number of ketones is 1. The van der Waals surface area contributed by atoms with E-state index in [0.29, 0.717) is 48.8 Å². The van der Waals surface area contributed by atoms with Gasteiger partial charge in [0.05, 0.1) is 17.8 Å². The van der Waals surface area contributed by atoms with Crippen LogP contribution in [0.25, 0.3) is 56.4 Å². The van der Waals surface area contributed by atoms with Crippen molar-refractivity contribution in [1.82, 2.24) is 15.0 Å². The molecule has 0 saturated carbocycles. The Balaban J connectivity index is 1.10. The van der Waals surface area contributed by atoms with E-state index in [2.05, 4.69) is 30.8 Å². The van der Waals surface area contributed by atoms with Crippen molar-refractivity contribution in [3.63, 3.8) is 0 Å². The van der Waals surface area contributed by atoms with Gasteiger partial charge in [-0.2, -0.15) is 0 Å². The molecule has 1 heterocycles. The van der Waals surface area contributed by atoms with Crippen LogP contribution in [0.15, 0.2) is 140 Å². The fourth-order valence-corrected chi connectivity index (χ4v) is 6.72. The fourth-order valence-electron chi connectivity index (χ4n) is 6.72. The Labute approximate surface area is 358 Å². The van der Waals surface area contributed by atoms with Crippen LogP contribution in [0.3, 0.4) is 0 Å². The zero-order valence-electron chi connectivity index (χ0n) is 35.2.